The van der Waals surface area contributed by atoms with E-state index in [0.29, 0.717) is 38.9 Å². The molecule has 0 unspecified atom stereocenters. The molecule has 2 aromatic rings. The average Bonchev–Trinajstić information content (AvgIpc) is 2.80. The highest BCUT2D eigenvalue weighted by atomic mass is 32.2. The minimum atomic E-state index is -3.26. The van der Waals surface area contributed by atoms with Gasteiger partial charge in [0.05, 0.1) is 5.75 Å². The number of rotatable bonds is 11. The van der Waals surface area contributed by atoms with E-state index in [1.807, 2.05) is 48.2 Å². The molecule has 0 aliphatic carbocycles. The maximum absolute atomic E-state index is 12.7. The van der Waals surface area contributed by atoms with E-state index >= 15 is 0 Å². The Balaban J connectivity index is 1.31. The summed E-state index contributed by atoms with van der Waals surface area (Å²) in [5.41, 5.74) is 3.79. The summed E-state index contributed by atoms with van der Waals surface area (Å²) >= 11 is 1.82. The Morgan fingerprint density at radius 3 is 2.47 bits per heavy atom. The molecule has 0 saturated carbocycles. The van der Waals surface area contributed by atoms with E-state index < -0.39 is 10.0 Å². The second kappa shape index (κ2) is 12.4. The molecule has 0 spiro atoms. The molecule has 1 aliphatic heterocycles. The molecule has 1 N–H and O–H groups in total. The molecule has 1 heterocycles. The minimum absolute atomic E-state index is 0.0580. The number of hydrogen-bond donors (Lipinski definition) is 1. The van der Waals surface area contributed by atoms with Crippen LogP contribution in [-0.2, 0) is 27.0 Å². The van der Waals surface area contributed by atoms with Crippen LogP contribution in [0.25, 0.3) is 0 Å². The molecular weight excluding hydrogens is 440 g/mol. The summed E-state index contributed by atoms with van der Waals surface area (Å²) in [5.74, 6) is 1.95. The lowest BCUT2D eigenvalue weighted by Gasteiger charge is -2.30. The summed E-state index contributed by atoms with van der Waals surface area (Å²) < 4.78 is 26.9. The Labute approximate surface area is 197 Å². The number of hydrogen-bond acceptors (Lipinski definition) is 4. The fourth-order valence-corrected chi connectivity index (χ4v) is 6.44. The second-order valence-corrected chi connectivity index (χ2v) is 11.5. The van der Waals surface area contributed by atoms with Crippen LogP contribution in [-0.4, -0.2) is 49.8 Å². The summed E-state index contributed by atoms with van der Waals surface area (Å²) in [5, 5.41) is 3.03. The monoisotopic (exact) mass is 474 g/mol. The van der Waals surface area contributed by atoms with Crippen molar-refractivity contribution in [2.45, 2.75) is 38.4 Å². The summed E-state index contributed by atoms with van der Waals surface area (Å²) in [6.07, 6.45) is 2.58. The number of aryl methyl sites for hydroxylation is 2. The van der Waals surface area contributed by atoms with Crippen LogP contribution in [0.5, 0.6) is 0 Å². The molecule has 2 aromatic carbocycles. The number of benzene rings is 2. The first-order chi connectivity index (χ1) is 15.5. The summed E-state index contributed by atoms with van der Waals surface area (Å²) in [4.78, 5) is 12.5. The average molecular weight is 475 g/mol. The van der Waals surface area contributed by atoms with Crippen molar-refractivity contribution >= 4 is 27.7 Å². The fourth-order valence-electron chi connectivity index (χ4n) is 3.97. The van der Waals surface area contributed by atoms with E-state index in [1.165, 1.54) is 11.1 Å². The molecule has 32 heavy (non-hydrogen) atoms. The highest BCUT2D eigenvalue weighted by molar-refractivity contribution is 7.98. The Morgan fingerprint density at radius 1 is 1.06 bits per heavy atom. The van der Waals surface area contributed by atoms with Gasteiger partial charge in [0, 0.05) is 37.1 Å². The van der Waals surface area contributed by atoms with Crippen molar-refractivity contribution < 1.29 is 13.2 Å². The van der Waals surface area contributed by atoms with Gasteiger partial charge in [-0.25, -0.2) is 12.7 Å². The van der Waals surface area contributed by atoms with E-state index in [4.69, 9.17) is 0 Å². The first-order valence-electron chi connectivity index (χ1n) is 11.4. The van der Waals surface area contributed by atoms with Crippen LogP contribution in [0.3, 0.4) is 0 Å². The third-order valence-electron chi connectivity index (χ3n) is 5.99. The van der Waals surface area contributed by atoms with Gasteiger partial charge < -0.3 is 5.32 Å². The van der Waals surface area contributed by atoms with Gasteiger partial charge in [-0.15, -0.1) is 0 Å². The molecule has 1 saturated heterocycles. The number of piperidine rings is 1. The van der Waals surface area contributed by atoms with Crippen LogP contribution in [0.15, 0.2) is 54.6 Å². The third kappa shape index (κ3) is 7.64. The van der Waals surface area contributed by atoms with Crippen molar-refractivity contribution in [3.63, 3.8) is 0 Å². The molecule has 1 fully saturated rings. The lowest BCUT2D eigenvalue weighted by atomic mass is 9.97. The summed E-state index contributed by atoms with van der Waals surface area (Å²) in [7, 11) is -3.26. The SMILES string of the molecule is Cc1ccccc1CSCCNC(=O)C1CCN(S(=O)(=O)CCCc2ccccc2)CC1. The predicted molar refractivity (Wildman–Crippen MR) is 133 cm³/mol. The number of nitrogens with zero attached hydrogens (tertiary/aromatic N) is 1. The standard InChI is InChI=1S/C25H34N2O3S2/c1-21-8-5-6-12-24(21)20-31-18-15-26-25(28)23-13-16-27(17-14-23)32(29,30)19-7-11-22-9-3-2-4-10-22/h2-6,8-10,12,23H,7,11,13-20H2,1H3,(H,26,28). The van der Waals surface area contributed by atoms with Crippen LogP contribution < -0.4 is 5.32 Å². The highest BCUT2D eigenvalue weighted by Crippen LogP contribution is 2.21. The van der Waals surface area contributed by atoms with Gasteiger partial charge in [0.2, 0.25) is 15.9 Å². The maximum Gasteiger partial charge on any atom is 0.223 e. The molecule has 0 atom stereocenters. The van der Waals surface area contributed by atoms with Crippen molar-refractivity contribution in [2.75, 3.05) is 31.1 Å². The fraction of sp³-hybridized carbons (Fsp3) is 0.480. The van der Waals surface area contributed by atoms with Gasteiger partial charge in [0.1, 0.15) is 0 Å². The molecule has 174 valence electrons. The molecule has 1 aliphatic rings. The van der Waals surface area contributed by atoms with Gasteiger partial charge in [-0.1, -0.05) is 54.6 Å². The normalized spacial score (nSPS) is 15.5. The van der Waals surface area contributed by atoms with Crippen molar-refractivity contribution in [3.8, 4) is 0 Å². The van der Waals surface area contributed by atoms with Gasteiger partial charge >= 0.3 is 0 Å². The molecule has 0 bridgehead atoms. The number of nitrogens with one attached hydrogen (secondary N) is 1. The Bertz CT molecular complexity index is 956. The van der Waals surface area contributed by atoms with E-state index in [0.717, 1.165) is 23.5 Å². The lowest BCUT2D eigenvalue weighted by Crippen LogP contribution is -2.44. The van der Waals surface area contributed by atoms with Crippen molar-refractivity contribution in [1.82, 2.24) is 9.62 Å². The molecule has 0 radical (unpaired) electrons. The zero-order chi connectivity index (χ0) is 22.8. The van der Waals surface area contributed by atoms with E-state index in [-0.39, 0.29) is 17.6 Å². The number of sulfonamides is 1. The highest BCUT2D eigenvalue weighted by Gasteiger charge is 2.30. The van der Waals surface area contributed by atoms with Crippen molar-refractivity contribution in [2.24, 2.45) is 5.92 Å². The zero-order valence-corrected chi connectivity index (χ0v) is 20.5. The topological polar surface area (TPSA) is 66.5 Å². The quantitative estimate of drug-likeness (QED) is 0.500. The van der Waals surface area contributed by atoms with Crippen LogP contribution in [0.4, 0.5) is 0 Å². The van der Waals surface area contributed by atoms with Crippen LogP contribution >= 0.6 is 11.8 Å². The summed E-state index contributed by atoms with van der Waals surface area (Å²) in [6, 6.07) is 18.3. The van der Waals surface area contributed by atoms with Crippen molar-refractivity contribution in [1.29, 1.82) is 0 Å². The van der Waals surface area contributed by atoms with E-state index in [9.17, 15) is 13.2 Å². The molecular formula is C25H34N2O3S2. The minimum Gasteiger partial charge on any atom is -0.355 e. The Hall–Kier alpha value is -1.83. The van der Waals surface area contributed by atoms with Gasteiger partial charge in [-0.3, -0.25) is 4.79 Å². The molecule has 0 aromatic heterocycles. The van der Waals surface area contributed by atoms with Gasteiger partial charge in [0.25, 0.3) is 0 Å². The van der Waals surface area contributed by atoms with Crippen LogP contribution in [0, 0.1) is 12.8 Å². The van der Waals surface area contributed by atoms with E-state index in [2.05, 4.69) is 30.4 Å². The first-order valence-corrected chi connectivity index (χ1v) is 14.1. The molecule has 1 amide bonds. The van der Waals surface area contributed by atoms with Crippen LogP contribution in [0.2, 0.25) is 0 Å². The zero-order valence-electron chi connectivity index (χ0n) is 18.8. The number of carbonyl (C=O) groups excluding carboxylic acids is 1. The maximum atomic E-state index is 12.7. The lowest BCUT2D eigenvalue weighted by molar-refractivity contribution is -0.125. The molecule has 5 nitrogen and oxygen atoms in total. The van der Waals surface area contributed by atoms with Crippen molar-refractivity contribution in [3.05, 3.63) is 71.3 Å². The largest absolute Gasteiger partial charge is 0.355 e. The van der Waals surface area contributed by atoms with Crippen LogP contribution in [0.1, 0.15) is 36.0 Å². The Kier molecular flexibility index (Phi) is 9.63. The number of thioether (sulfide) groups is 1. The van der Waals surface area contributed by atoms with Gasteiger partial charge in [0.15, 0.2) is 0 Å². The third-order valence-corrected chi connectivity index (χ3v) is 8.96. The first kappa shape index (κ1) is 24.8. The van der Waals surface area contributed by atoms with Gasteiger partial charge in [-0.05, 0) is 49.3 Å². The number of carbonyl (C=O) groups is 1. The second-order valence-electron chi connectivity index (χ2n) is 8.35. The van der Waals surface area contributed by atoms with E-state index in [1.54, 1.807) is 4.31 Å². The smallest absolute Gasteiger partial charge is 0.223 e. The Morgan fingerprint density at radius 2 is 1.75 bits per heavy atom. The summed E-state index contributed by atoms with van der Waals surface area (Å²) in [6.45, 7) is 3.64. The predicted octanol–water partition coefficient (Wildman–Crippen LogP) is 4.02. The van der Waals surface area contributed by atoms with Gasteiger partial charge in [-0.2, -0.15) is 11.8 Å². The molecule has 7 heteroatoms. The molecule has 3 rings (SSSR count). The number of amides is 1.